The van der Waals surface area contributed by atoms with E-state index in [2.05, 4.69) is 6.58 Å². The second-order valence-electron chi connectivity index (χ2n) is 5.61. The number of ether oxygens (including phenoxy) is 1. The number of hydrogen-bond acceptors (Lipinski definition) is 6. The van der Waals surface area contributed by atoms with Gasteiger partial charge >= 0.3 is 14.8 Å². The maximum absolute atomic E-state index is 11.2. The van der Waals surface area contributed by atoms with Gasteiger partial charge in [0.25, 0.3) is 0 Å². The molecule has 0 heterocycles. The van der Waals surface area contributed by atoms with Gasteiger partial charge in [0.15, 0.2) is 0 Å². The van der Waals surface area contributed by atoms with Crippen LogP contribution in [0.2, 0.25) is 6.04 Å². The van der Waals surface area contributed by atoms with Crippen LogP contribution in [0.25, 0.3) is 0 Å². The van der Waals surface area contributed by atoms with Gasteiger partial charge < -0.3 is 23.1 Å². The van der Waals surface area contributed by atoms with Gasteiger partial charge in [-0.25, -0.2) is 4.79 Å². The van der Waals surface area contributed by atoms with Crippen LogP contribution in [0.15, 0.2) is 12.2 Å². The maximum atomic E-state index is 11.2. The van der Waals surface area contributed by atoms with E-state index in [1.807, 2.05) is 20.8 Å². The molecule has 0 aliphatic heterocycles. The van der Waals surface area contributed by atoms with Crippen molar-refractivity contribution in [3.8, 4) is 0 Å². The first-order valence-electron chi connectivity index (χ1n) is 8.83. The highest BCUT2D eigenvalue weighted by Gasteiger charge is 2.39. The summed E-state index contributed by atoms with van der Waals surface area (Å²) in [6.07, 6.45) is 2.66. The molecule has 0 aliphatic carbocycles. The van der Waals surface area contributed by atoms with Crippen LogP contribution in [-0.4, -0.2) is 52.4 Å². The van der Waals surface area contributed by atoms with Crippen LogP contribution in [0.1, 0.15) is 53.4 Å². The molecular weight excluding hydrogens is 328 g/mol. The quantitative estimate of drug-likeness (QED) is 0.209. The van der Waals surface area contributed by atoms with Gasteiger partial charge in [-0.05, 0) is 40.5 Å². The maximum Gasteiger partial charge on any atom is 0.500 e. The number of unbranched alkanes of at least 4 members (excludes halogenated alkanes) is 2. The van der Waals surface area contributed by atoms with Gasteiger partial charge in [-0.15, -0.1) is 0 Å². The van der Waals surface area contributed by atoms with Crippen molar-refractivity contribution in [3.63, 3.8) is 0 Å². The van der Waals surface area contributed by atoms with Gasteiger partial charge in [0.05, 0.1) is 6.10 Å². The average molecular weight is 363 g/mol. The van der Waals surface area contributed by atoms with Crippen LogP contribution in [0.4, 0.5) is 0 Å². The van der Waals surface area contributed by atoms with E-state index in [-0.39, 0.29) is 6.61 Å². The average Bonchev–Trinajstić information content (AvgIpc) is 2.52. The van der Waals surface area contributed by atoms with Crippen LogP contribution in [0.3, 0.4) is 0 Å². The Bertz CT molecular complexity index is 344. The predicted octanol–water partition coefficient (Wildman–Crippen LogP) is 3.08. The molecule has 1 atom stereocenters. The summed E-state index contributed by atoms with van der Waals surface area (Å²) in [5.41, 5.74) is 0.339. The third-order valence-electron chi connectivity index (χ3n) is 3.37. The minimum atomic E-state index is -2.56. The van der Waals surface area contributed by atoms with Crippen LogP contribution >= 0.6 is 0 Å². The number of carbonyl (C=O) groups is 1. The first-order valence-corrected chi connectivity index (χ1v) is 10.8. The van der Waals surface area contributed by atoms with Crippen molar-refractivity contribution in [2.75, 3.05) is 26.4 Å². The summed E-state index contributed by atoms with van der Waals surface area (Å²) in [5.74, 6) is -0.463. The molecule has 0 rings (SSSR count). The summed E-state index contributed by atoms with van der Waals surface area (Å²) in [6.45, 7) is 12.7. The van der Waals surface area contributed by atoms with Crippen LogP contribution < -0.4 is 0 Å². The molecule has 0 aromatic rings. The fourth-order valence-electron chi connectivity index (χ4n) is 2.28. The lowest BCUT2D eigenvalue weighted by molar-refractivity contribution is -0.142. The molecule has 0 fully saturated rings. The molecule has 0 aromatic heterocycles. The van der Waals surface area contributed by atoms with Gasteiger partial charge in [-0.3, -0.25) is 0 Å². The molecule has 0 saturated heterocycles. The topological polar surface area (TPSA) is 74.2 Å². The predicted molar refractivity (Wildman–Crippen MR) is 95.7 cm³/mol. The zero-order valence-corrected chi connectivity index (χ0v) is 16.6. The van der Waals surface area contributed by atoms with Crippen LogP contribution in [0.5, 0.6) is 0 Å². The molecule has 0 amide bonds. The molecule has 0 radical (unpaired) electrons. The van der Waals surface area contributed by atoms with E-state index in [1.54, 1.807) is 6.92 Å². The van der Waals surface area contributed by atoms with Crippen molar-refractivity contribution in [3.05, 3.63) is 12.2 Å². The molecule has 1 unspecified atom stereocenters. The molecule has 6 nitrogen and oxygen atoms in total. The second kappa shape index (κ2) is 13.5. The lowest BCUT2D eigenvalue weighted by Crippen LogP contribution is -2.45. The molecule has 7 heteroatoms. The van der Waals surface area contributed by atoms with Crippen molar-refractivity contribution in [2.24, 2.45) is 0 Å². The molecule has 0 spiro atoms. The number of aliphatic hydroxyl groups is 1. The summed E-state index contributed by atoms with van der Waals surface area (Å²) in [7, 11) is -2.56. The zero-order chi connectivity index (χ0) is 18.4. The standard InChI is InChI=1S/C17H34O6Si/c1-6-21-24(22-7-2,23-8-3)13-11-9-10-12-16(18)14-20-17(19)15(4)5/h16,18H,4,6-14H2,1-3,5H3. The molecule has 0 aromatic carbocycles. The Hall–Kier alpha value is -0.733. The Kier molecular flexibility index (Phi) is 13.1. The number of carbonyl (C=O) groups excluding carboxylic acids is 1. The molecule has 0 aliphatic rings. The van der Waals surface area contributed by atoms with E-state index in [1.165, 1.54) is 0 Å². The lowest BCUT2D eigenvalue weighted by atomic mass is 10.1. The minimum absolute atomic E-state index is 0.0151. The summed E-state index contributed by atoms with van der Waals surface area (Å²) < 4.78 is 22.3. The van der Waals surface area contributed by atoms with Crippen molar-refractivity contribution in [1.82, 2.24) is 0 Å². The number of aliphatic hydroxyl groups excluding tert-OH is 1. The molecule has 1 N–H and O–H groups in total. The van der Waals surface area contributed by atoms with E-state index in [0.717, 1.165) is 25.3 Å². The highest BCUT2D eigenvalue weighted by atomic mass is 28.4. The first kappa shape index (κ1) is 23.3. The van der Waals surface area contributed by atoms with Crippen molar-refractivity contribution >= 4 is 14.8 Å². The molecule has 0 bridgehead atoms. The summed E-state index contributed by atoms with van der Waals surface area (Å²) >= 11 is 0. The summed E-state index contributed by atoms with van der Waals surface area (Å²) in [6, 6.07) is 0.781. The Labute approximate surface area is 147 Å². The monoisotopic (exact) mass is 362 g/mol. The van der Waals surface area contributed by atoms with E-state index < -0.39 is 20.9 Å². The second-order valence-corrected chi connectivity index (χ2v) is 8.35. The highest BCUT2D eigenvalue weighted by molar-refractivity contribution is 6.60. The lowest BCUT2D eigenvalue weighted by Gasteiger charge is -2.28. The van der Waals surface area contributed by atoms with E-state index >= 15 is 0 Å². The number of esters is 1. The normalized spacial score (nSPS) is 12.9. The fraction of sp³-hybridized carbons (Fsp3) is 0.824. The summed E-state index contributed by atoms with van der Waals surface area (Å²) in [5, 5.41) is 9.82. The fourth-order valence-corrected chi connectivity index (χ4v) is 4.96. The van der Waals surface area contributed by atoms with Crippen LogP contribution in [0, 0.1) is 0 Å². The summed E-state index contributed by atoms with van der Waals surface area (Å²) in [4.78, 5) is 11.2. The third-order valence-corrected chi connectivity index (χ3v) is 6.52. The molecule has 142 valence electrons. The van der Waals surface area contributed by atoms with Crippen LogP contribution in [-0.2, 0) is 22.8 Å². The van der Waals surface area contributed by atoms with Gasteiger partial charge in [-0.1, -0.05) is 19.4 Å². The molecule has 0 saturated carbocycles. The third kappa shape index (κ3) is 10.2. The Morgan fingerprint density at radius 3 is 2.04 bits per heavy atom. The minimum Gasteiger partial charge on any atom is -0.460 e. The van der Waals surface area contributed by atoms with E-state index in [4.69, 9.17) is 18.0 Å². The molecule has 24 heavy (non-hydrogen) atoms. The first-order chi connectivity index (χ1) is 11.4. The van der Waals surface area contributed by atoms with Crippen molar-refractivity contribution in [2.45, 2.75) is 65.5 Å². The Morgan fingerprint density at radius 1 is 1.04 bits per heavy atom. The molecular formula is C17H34O6Si. The van der Waals surface area contributed by atoms with Gasteiger partial charge in [0.1, 0.15) is 6.61 Å². The van der Waals surface area contributed by atoms with Crippen molar-refractivity contribution < 1.29 is 27.9 Å². The smallest absolute Gasteiger partial charge is 0.460 e. The van der Waals surface area contributed by atoms with Gasteiger partial charge in [-0.2, -0.15) is 0 Å². The Morgan fingerprint density at radius 2 is 1.58 bits per heavy atom. The largest absolute Gasteiger partial charge is 0.500 e. The van der Waals surface area contributed by atoms with E-state index in [0.29, 0.717) is 31.8 Å². The number of rotatable bonds is 15. The SMILES string of the molecule is C=C(C)C(=O)OCC(O)CCCCC[Si](OCC)(OCC)OCC. The number of hydrogen-bond donors (Lipinski definition) is 1. The highest BCUT2D eigenvalue weighted by Crippen LogP contribution is 2.20. The van der Waals surface area contributed by atoms with Gasteiger partial charge in [0.2, 0.25) is 0 Å². The van der Waals surface area contributed by atoms with E-state index in [9.17, 15) is 9.90 Å². The van der Waals surface area contributed by atoms with Crippen molar-refractivity contribution in [1.29, 1.82) is 0 Å². The zero-order valence-electron chi connectivity index (χ0n) is 15.6. The van der Waals surface area contributed by atoms with Gasteiger partial charge in [0, 0.05) is 31.4 Å². The Balaban J connectivity index is 4.03.